The van der Waals surface area contributed by atoms with Crippen LogP contribution in [0, 0.1) is 17.8 Å². The van der Waals surface area contributed by atoms with Crippen molar-refractivity contribution in [1.82, 2.24) is 0 Å². The first-order valence-corrected chi connectivity index (χ1v) is 10.5. The lowest BCUT2D eigenvalue weighted by atomic mass is 9.86. The van der Waals surface area contributed by atoms with Gasteiger partial charge in [0.15, 0.2) is 18.8 Å². The molecule has 26 heavy (non-hydrogen) atoms. The largest absolute Gasteiger partial charge is 0.366 e. The second-order valence-electron chi connectivity index (χ2n) is 8.23. The molecule has 3 rings (SSSR count). The summed E-state index contributed by atoms with van der Waals surface area (Å²) >= 11 is 0. The monoisotopic (exact) mass is 370 g/mol. The summed E-state index contributed by atoms with van der Waals surface area (Å²) in [7, 11) is 0. The Kier molecular flexibility index (Phi) is 7.50. The molecule has 2 heterocycles. The van der Waals surface area contributed by atoms with Gasteiger partial charge in [-0.25, -0.2) is 4.39 Å². The fourth-order valence-corrected chi connectivity index (χ4v) is 4.70. The molecule has 8 atom stereocenters. The van der Waals surface area contributed by atoms with Gasteiger partial charge in [-0.1, -0.05) is 45.3 Å². The number of hydrogen-bond acceptors (Lipinski definition) is 4. The number of allylic oxidation sites excluding steroid dienone is 1. The molecule has 5 heteroatoms. The van der Waals surface area contributed by atoms with Crippen LogP contribution in [0.5, 0.6) is 0 Å². The predicted octanol–water partition coefficient (Wildman–Crippen LogP) is 4.36. The van der Waals surface area contributed by atoms with Crippen LogP contribution in [0.3, 0.4) is 0 Å². The summed E-state index contributed by atoms with van der Waals surface area (Å²) < 4.78 is 31.7. The lowest BCUT2D eigenvalue weighted by molar-refractivity contribution is -0.179. The summed E-state index contributed by atoms with van der Waals surface area (Å²) in [6.07, 6.45) is 9.92. The van der Waals surface area contributed by atoms with Crippen molar-refractivity contribution in [1.29, 1.82) is 0 Å². The van der Waals surface area contributed by atoms with E-state index in [0.29, 0.717) is 5.92 Å². The Balaban J connectivity index is 1.62. The zero-order valence-corrected chi connectivity index (χ0v) is 16.2. The molecule has 1 saturated carbocycles. The Morgan fingerprint density at radius 2 is 2.15 bits per heavy atom. The Morgan fingerprint density at radius 1 is 1.31 bits per heavy atom. The van der Waals surface area contributed by atoms with Crippen molar-refractivity contribution in [3.8, 4) is 0 Å². The smallest absolute Gasteiger partial charge is 0.186 e. The van der Waals surface area contributed by atoms with E-state index in [1.165, 1.54) is 12.8 Å². The van der Waals surface area contributed by atoms with Crippen molar-refractivity contribution in [3.05, 3.63) is 12.2 Å². The van der Waals surface area contributed by atoms with Crippen LogP contribution in [0.1, 0.15) is 65.2 Å². The summed E-state index contributed by atoms with van der Waals surface area (Å²) in [5.41, 5.74) is 0. The Labute approximate surface area is 157 Å². The number of hydrogen-bond donors (Lipinski definition) is 1. The van der Waals surface area contributed by atoms with E-state index < -0.39 is 12.5 Å². The van der Waals surface area contributed by atoms with Crippen molar-refractivity contribution in [2.24, 2.45) is 17.8 Å². The lowest BCUT2D eigenvalue weighted by Crippen LogP contribution is -2.28. The van der Waals surface area contributed by atoms with E-state index in [9.17, 15) is 9.50 Å². The van der Waals surface area contributed by atoms with Crippen molar-refractivity contribution in [2.75, 3.05) is 6.61 Å². The lowest BCUT2D eigenvalue weighted by Gasteiger charge is -2.27. The van der Waals surface area contributed by atoms with Gasteiger partial charge < -0.3 is 19.3 Å². The van der Waals surface area contributed by atoms with E-state index in [2.05, 4.69) is 26.0 Å². The molecule has 0 radical (unpaired) electrons. The van der Waals surface area contributed by atoms with Gasteiger partial charge in [0.2, 0.25) is 0 Å². The van der Waals surface area contributed by atoms with E-state index in [-0.39, 0.29) is 30.3 Å². The van der Waals surface area contributed by atoms with Crippen molar-refractivity contribution in [3.63, 3.8) is 0 Å². The highest BCUT2D eigenvalue weighted by atomic mass is 19.1. The third-order valence-corrected chi connectivity index (χ3v) is 6.19. The fraction of sp³-hybridized carbons (Fsp3) is 0.905. The second-order valence-corrected chi connectivity index (χ2v) is 8.23. The van der Waals surface area contributed by atoms with E-state index in [1.807, 2.05) is 0 Å². The SMILES string of the molecule is CCCCCC(C=C[C@H]1[C@@H]2[C@H](F)C(O)O[C@@H]2C[C@@H]1C)OC1CCCCO1. The van der Waals surface area contributed by atoms with Crippen LogP contribution in [0.2, 0.25) is 0 Å². The summed E-state index contributed by atoms with van der Waals surface area (Å²) in [4.78, 5) is 0. The van der Waals surface area contributed by atoms with Crippen LogP contribution in [0.4, 0.5) is 4.39 Å². The average Bonchev–Trinajstić information content (AvgIpc) is 3.08. The number of ether oxygens (including phenoxy) is 3. The van der Waals surface area contributed by atoms with Gasteiger partial charge in [-0.2, -0.15) is 0 Å². The highest BCUT2D eigenvalue weighted by molar-refractivity contribution is 5.08. The fourth-order valence-electron chi connectivity index (χ4n) is 4.70. The van der Waals surface area contributed by atoms with Crippen LogP contribution in [-0.2, 0) is 14.2 Å². The second kappa shape index (κ2) is 9.63. The normalized spacial score (nSPS) is 41.6. The minimum atomic E-state index is -1.29. The van der Waals surface area contributed by atoms with Gasteiger partial charge in [-0.15, -0.1) is 0 Å². The van der Waals surface area contributed by atoms with Crippen LogP contribution in [0.25, 0.3) is 0 Å². The molecule has 2 saturated heterocycles. The quantitative estimate of drug-likeness (QED) is 0.509. The molecule has 0 amide bonds. The first-order valence-electron chi connectivity index (χ1n) is 10.5. The van der Waals surface area contributed by atoms with E-state index in [4.69, 9.17) is 14.2 Å². The number of aliphatic hydroxyl groups is 1. The number of fused-ring (bicyclic) bond motifs is 1. The Bertz CT molecular complexity index is 451. The molecule has 1 aliphatic carbocycles. The topological polar surface area (TPSA) is 47.9 Å². The molecule has 150 valence electrons. The van der Waals surface area contributed by atoms with Gasteiger partial charge in [-0.3, -0.25) is 0 Å². The van der Waals surface area contributed by atoms with Crippen LogP contribution in [-0.4, -0.2) is 42.7 Å². The maximum Gasteiger partial charge on any atom is 0.186 e. The summed E-state index contributed by atoms with van der Waals surface area (Å²) in [6, 6.07) is 0. The van der Waals surface area contributed by atoms with Gasteiger partial charge in [0.1, 0.15) is 0 Å². The number of aliphatic hydroxyl groups excluding tert-OH is 1. The minimum absolute atomic E-state index is 0.0150. The summed E-state index contributed by atoms with van der Waals surface area (Å²) in [6.45, 7) is 5.12. The third-order valence-electron chi connectivity index (χ3n) is 6.19. The number of unbranched alkanes of at least 4 members (excludes halogenated alkanes) is 2. The summed E-state index contributed by atoms with van der Waals surface area (Å²) in [5.74, 6) is 0.212. The van der Waals surface area contributed by atoms with E-state index in [1.54, 1.807) is 0 Å². The molecule has 3 fully saturated rings. The molecule has 4 nitrogen and oxygen atoms in total. The third kappa shape index (κ3) is 4.86. The minimum Gasteiger partial charge on any atom is -0.366 e. The maximum absolute atomic E-state index is 14.4. The zero-order chi connectivity index (χ0) is 18.5. The van der Waals surface area contributed by atoms with Gasteiger partial charge in [0, 0.05) is 12.5 Å². The summed E-state index contributed by atoms with van der Waals surface area (Å²) in [5, 5.41) is 9.68. The first kappa shape index (κ1) is 20.2. The van der Waals surface area contributed by atoms with Crippen LogP contribution in [0.15, 0.2) is 12.2 Å². The molecular weight excluding hydrogens is 335 g/mol. The molecule has 1 N–H and O–H groups in total. The Hall–Kier alpha value is -0.490. The molecule has 0 spiro atoms. The maximum atomic E-state index is 14.4. The predicted molar refractivity (Wildman–Crippen MR) is 98.3 cm³/mol. The van der Waals surface area contributed by atoms with Crippen LogP contribution < -0.4 is 0 Å². The molecule has 3 unspecified atom stereocenters. The average molecular weight is 371 g/mol. The molecule has 0 aromatic rings. The zero-order valence-electron chi connectivity index (χ0n) is 16.2. The number of rotatable bonds is 8. The Morgan fingerprint density at radius 3 is 2.88 bits per heavy atom. The molecule has 0 bridgehead atoms. The molecular formula is C21H35FO4. The van der Waals surface area contributed by atoms with Crippen molar-refractivity contribution in [2.45, 2.75) is 96.2 Å². The molecule has 3 aliphatic rings. The first-order chi connectivity index (χ1) is 12.6. The standard InChI is InChI=1S/C21H35FO4/c1-3-4-5-8-15(25-18-9-6-7-12-24-18)10-11-16-14(2)13-17-19(16)20(22)21(23)26-17/h10-11,14-21,23H,3-9,12-13H2,1-2H3/t14-,15?,16+,17+,18?,19-,20-,21?/m0/s1. The van der Waals surface area contributed by atoms with E-state index >= 15 is 0 Å². The van der Waals surface area contributed by atoms with Gasteiger partial charge in [-0.05, 0) is 43.9 Å². The van der Waals surface area contributed by atoms with E-state index in [0.717, 1.165) is 45.1 Å². The highest BCUT2D eigenvalue weighted by Crippen LogP contribution is 2.47. The molecule has 0 aromatic carbocycles. The van der Waals surface area contributed by atoms with Crippen molar-refractivity contribution >= 4 is 0 Å². The number of halogens is 1. The van der Waals surface area contributed by atoms with Crippen LogP contribution >= 0.6 is 0 Å². The molecule has 0 aromatic heterocycles. The van der Waals surface area contributed by atoms with Gasteiger partial charge >= 0.3 is 0 Å². The van der Waals surface area contributed by atoms with Gasteiger partial charge in [0.25, 0.3) is 0 Å². The number of alkyl halides is 1. The van der Waals surface area contributed by atoms with Gasteiger partial charge in [0.05, 0.1) is 12.2 Å². The molecule has 2 aliphatic heterocycles. The highest BCUT2D eigenvalue weighted by Gasteiger charge is 2.53. The van der Waals surface area contributed by atoms with Crippen molar-refractivity contribution < 1.29 is 23.7 Å².